The largest absolute Gasteiger partial charge is 0.399 e. The van der Waals surface area contributed by atoms with Crippen LogP contribution in [0.25, 0.3) is 5.57 Å². The summed E-state index contributed by atoms with van der Waals surface area (Å²) in [5.41, 5.74) is 7.78. The lowest BCUT2D eigenvalue weighted by atomic mass is 10.1. The Kier molecular flexibility index (Phi) is 3.14. The molecule has 0 atom stereocenters. The molecule has 1 rings (SSSR count). The normalized spacial score (nSPS) is 10.8. The van der Waals surface area contributed by atoms with Crippen LogP contribution in [0.15, 0.2) is 30.5 Å². The minimum absolute atomic E-state index is 0.634. The first-order chi connectivity index (χ1) is 6.63. The summed E-state index contributed by atoms with van der Waals surface area (Å²) < 4.78 is 0. The van der Waals surface area contributed by atoms with Gasteiger partial charge in [-0.05, 0) is 17.7 Å². The quantitative estimate of drug-likeness (QED) is 0.566. The summed E-state index contributed by atoms with van der Waals surface area (Å²) in [6.45, 7) is 0. The topological polar surface area (TPSA) is 53.0 Å². The molecule has 0 unspecified atom stereocenters. The zero-order chi connectivity index (χ0) is 10.6. The Bertz CT molecular complexity index is 369. The molecule has 3 heteroatoms. The SMILES string of the molecule is CN(C)/C=C(\C#N)c1ccc(N)cc1. The minimum Gasteiger partial charge on any atom is -0.399 e. The molecule has 72 valence electrons. The predicted octanol–water partition coefficient (Wildman–Crippen LogP) is 1.69. The fourth-order valence-corrected chi connectivity index (χ4v) is 1.09. The van der Waals surface area contributed by atoms with Gasteiger partial charge in [-0.3, -0.25) is 0 Å². The van der Waals surface area contributed by atoms with E-state index in [1.807, 2.05) is 31.1 Å². The summed E-state index contributed by atoms with van der Waals surface area (Å²) in [5, 5.41) is 8.92. The minimum atomic E-state index is 0.634. The molecule has 2 N–H and O–H groups in total. The fourth-order valence-electron chi connectivity index (χ4n) is 1.09. The van der Waals surface area contributed by atoms with Crippen LogP contribution in [0, 0.1) is 11.3 Å². The van der Waals surface area contributed by atoms with E-state index in [2.05, 4.69) is 6.07 Å². The average Bonchev–Trinajstić information content (AvgIpc) is 2.15. The third kappa shape index (κ3) is 2.53. The van der Waals surface area contributed by atoms with Crippen molar-refractivity contribution in [2.75, 3.05) is 19.8 Å². The van der Waals surface area contributed by atoms with Crippen LogP contribution in [-0.4, -0.2) is 19.0 Å². The highest BCUT2D eigenvalue weighted by molar-refractivity contribution is 5.76. The molecule has 3 nitrogen and oxygen atoms in total. The van der Waals surface area contributed by atoms with Crippen molar-refractivity contribution < 1.29 is 0 Å². The van der Waals surface area contributed by atoms with Gasteiger partial charge >= 0.3 is 0 Å². The van der Waals surface area contributed by atoms with Crippen LogP contribution in [0.3, 0.4) is 0 Å². The van der Waals surface area contributed by atoms with Gasteiger partial charge in [-0.1, -0.05) is 12.1 Å². The Balaban J connectivity index is 3.03. The van der Waals surface area contributed by atoms with Gasteiger partial charge in [0.25, 0.3) is 0 Å². The van der Waals surface area contributed by atoms with Crippen molar-refractivity contribution in [1.82, 2.24) is 4.90 Å². The fraction of sp³-hybridized carbons (Fsp3) is 0.182. The molecule has 14 heavy (non-hydrogen) atoms. The van der Waals surface area contributed by atoms with Crippen molar-refractivity contribution in [3.8, 4) is 6.07 Å². The van der Waals surface area contributed by atoms with E-state index in [9.17, 15) is 0 Å². The molecular weight excluding hydrogens is 174 g/mol. The molecule has 0 aromatic heterocycles. The number of nitriles is 1. The highest BCUT2D eigenvalue weighted by Gasteiger charge is 1.99. The second-order valence-electron chi connectivity index (χ2n) is 3.24. The number of nitrogen functional groups attached to an aromatic ring is 1. The summed E-state index contributed by atoms with van der Waals surface area (Å²) in [7, 11) is 3.77. The van der Waals surface area contributed by atoms with Crippen LogP contribution < -0.4 is 5.73 Å². The van der Waals surface area contributed by atoms with Crippen LogP contribution in [0.4, 0.5) is 5.69 Å². The van der Waals surface area contributed by atoms with Gasteiger partial charge in [0, 0.05) is 26.0 Å². The van der Waals surface area contributed by atoms with Crippen LogP contribution in [0.2, 0.25) is 0 Å². The highest BCUT2D eigenvalue weighted by atomic mass is 15.0. The first-order valence-electron chi connectivity index (χ1n) is 4.27. The zero-order valence-corrected chi connectivity index (χ0v) is 8.36. The number of nitrogens with zero attached hydrogens (tertiary/aromatic N) is 2. The molecule has 0 saturated heterocycles. The first kappa shape index (κ1) is 10.1. The third-order valence-electron chi connectivity index (χ3n) is 1.73. The van der Waals surface area contributed by atoms with E-state index in [1.165, 1.54) is 0 Å². The molecule has 0 heterocycles. The second kappa shape index (κ2) is 4.33. The van der Waals surface area contributed by atoms with Gasteiger partial charge in [0.2, 0.25) is 0 Å². The number of nitrogens with two attached hydrogens (primary N) is 1. The van der Waals surface area contributed by atoms with Crippen LogP contribution in [0.5, 0.6) is 0 Å². The number of hydrogen-bond acceptors (Lipinski definition) is 3. The van der Waals surface area contributed by atoms with Crippen LogP contribution in [0.1, 0.15) is 5.56 Å². The van der Waals surface area contributed by atoms with E-state index < -0.39 is 0 Å². The zero-order valence-electron chi connectivity index (χ0n) is 8.36. The van der Waals surface area contributed by atoms with Crippen molar-refractivity contribution in [3.05, 3.63) is 36.0 Å². The Morgan fingerprint density at radius 2 is 1.93 bits per heavy atom. The number of hydrogen-bond donors (Lipinski definition) is 1. The second-order valence-corrected chi connectivity index (χ2v) is 3.24. The molecule has 1 aromatic carbocycles. The molecule has 0 spiro atoms. The van der Waals surface area contributed by atoms with Gasteiger partial charge in [0.15, 0.2) is 0 Å². The van der Waals surface area contributed by atoms with Crippen molar-refractivity contribution in [1.29, 1.82) is 5.26 Å². The summed E-state index contributed by atoms with van der Waals surface area (Å²) in [4.78, 5) is 1.84. The van der Waals surface area contributed by atoms with Gasteiger partial charge in [0.05, 0.1) is 5.57 Å². The summed E-state index contributed by atoms with van der Waals surface area (Å²) >= 11 is 0. The van der Waals surface area contributed by atoms with Gasteiger partial charge in [-0.25, -0.2) is 0 Å². The Morgan fingerprint density at radius 3 is 2.36 bits per heavy atom. The molecule has 0 aliphatic carbocycles. The van der Waals surface area contributed by atoms with E-state index in [0.717, 1.165) is 5.56 Å². The lowest BCUT2D eigenvalue weighted by molar-refractivity contribution is 0.566. The average molecular weight is 187 g/mol. The maximum atomic E-state index is 8.92. The van der Waals surface area contributed by atoms with Gasteiger partial charge < -0.3 is 10.6 Å². The summed E-state index contributed by atoms with van der Waals surface area (Å²) in [6.07, 6.45) is 1.78. The van der Waals surface area contributed by atoms with E-state index in [1.54, 1.807) is 18.3 Å². The molecule has 0 saturated carbocycles. The molecule has 0 amide bonds. The lowest BCUT2D eigenvalue weighted by Gasteiger charge is -2.06. The molecule has 0 aliphatic heterocycles. The standard InChI is InChI=1S/C11H13N3/c1-14(2)8-10(7-12)9-3-5-11(13)6-4-9/h3-6,8H,13H2,1-2H3/b10-8+. The maximum absolute atomic E-state index is 8.92. The smallest absolute Gasteiger partial charge is 0.101 e. The van der Waals surface area contributed by atoms with Gasteiger partial charge in [-0.15, -0.1) is 0 Å². The maximum Gasteiger partial charge on any atom is 0.101 e. The van der Waals surface area contributed by atoms with Crippen molar-refractivity contribution in [2.24, 2.45) is 0 Å². The number of allylic oxidation sites excluding steroid dienone is 1. The lowest BCUT2D eigenvalue weighted by Crippen LogP contribution is -2.02. The van der Waals surface area contributed by atoms with Gasteiger partial charge in [0.1, 0.15) is 6.07 Å². The van der Waals surface area contributed by atoms with Crippen LogP contribution >= 0.6 is 0 Å². The van der Waals surface area contributed by atoms with E-state index in [-0.39, 0.29) is 0 Å². The Labute approximate surface area is 84.1 Å². The predicted molar refractivity (Wildman–Crippen MR) is 58.1 cm³/mol. The number of benzene rings is 1. The Hall–Kier alpha value is -1.95. The van der Waals surface area contributed by atoms with Crippen molar-refractivity contribution >= 4 is 11.3 Å². The molecule has 0 fully saturated rings. The summed E-state index contributed by atoms with van der Waals surface area (Å²) in [5.74, 6) is 0. The van der Waals surface area contributed by atoms with Crippen molar-refractivity contribution in [2.45, 2.75) is 0 Å². The highest BCUT2D eigenvalue weighted by Crippen LogP contribution is 2.15. The first-order valence-corrected chi connectivity index (χ1v) is 4.27. The Morgan fingerprint density at radius 1 is 1.36 bits per heavy atom. The number of rotatable bonds is 2. The molecule has 0 radical (unpaired) electrons. The van der Waals surface area contributed by atoms with Gasteiger partial charge in [-0.2, -0.15) is 5.26 Å². The third-order valence-corrected chi connectivity index (χ3v) is 1.73. The van der Waals surface area contributed by atoms with Crippen LogP contribution in [-0.2, 0) is 0 Å². The molecule has 0 bridgehead atoms. The number of anilines is 1. The van der Waals surface area contributed by atoms with E-state index in [0.29, 0.717) is 11.3 Å². The van der Waals surface area contributed by atoms with E-state index in [4.69, 9.17) is 11.0 Å². The molecule has 1 aromatic rings. The monoisotopic (exact) mass is 187 g/mol. The molecular formula is C11H13N3. The molecule has 0 aliphatic rings. The summed E-state index contributed by atoms with van der Waals surface area (Å²) in [6, 6.07) is 9.41. The van der Waals surface area contributed by atoms with Crippen molar-refractivity contribution in [3.63, 3.8) is 0 Å². The van der Waals surface area contributed by atoms with E-state index >= 15 is 0 Å².